The maximum absolute atomic E-state index is 14.7. The van der Waals surface area contributed by atoms with Crippen LogP contribution in [0.15, 0.2) is 73.1 Å². The summed E-state index contributed by atoms with van der Waals surface area (Å²) in [5.41, 5.74) is 6.18. The fourth-order valence-corrected chi connectivity index (χ4v) is 4.07. The third-order valence-corrected chi connectivity index (χ3v) is 5.97. The van der Waals surface area contributed by atoms with Crippen LogP contribution < -0.4 is 20.9 Å². The molecule has 2 aromatic carbocycles. The molecule has 1 aliphatic heterocycles. The molecule has 0 fully saturated rings. The molecular formula is C25H23FN6O. The van der Waals surface area contributed by atoms with E-state index >= 15 is 0 Å². The summed E-state index contributed by atoms with van der Waals surface area (Å²) in [6.07, 6.45) is 3.51. The van der Waals surface area contributed by atoms with E-state index in [-0.39, 0.29) is 5.56 Å². The Labute approximate surface area is 190 Å². The van der Waals surface area contributed by atoms with Crippen LogP contribution in [0, 0.1) is 5.82 Å². The van der Waals surface area contributed by atoms with E-state index in [1.54, 1.807) is 23.5 Å². The first-order valence-corrected chi connectivity index (χ1v) is 10.6. The maximum Gasteiger partial charge on any atom is 0.253 e. The van der Waals surface area contributed by atoms with E-state index in [0.717, 1.165) is 22.2 Å². The van der Waals surface area contributed by atoms with E-state index in [1.807, 2.05) is 35.3 Å². The van der Waals surface area contributed by atoms with Crippen LogP contribution >= 0.6 is 0 Å². The quantitative estimate of drug-likeness (QED) is 0.487. The molecule has 7 nitrogen and oxygen atoms in total. The second-order valence-electron chi connectivity index (χ2n) is 8.33. The average Bonchev–Trinajstić information content (AvgIpc) is 3.24. The number of pyridine rings is 2. The molecule has 1 aliphatic rings. The summed E-state index contributed by atoms with van der Waals surface area (Å²) in [5.74, 6) is -0.354. The Morgan fingerprint density at radius 3 is 2.61 bits per heavy atom. The van der Waals surface area contributed by atoms with Crippen molar-refractivity contribution in [2.45, 2.75) is 19.4 Å². The van der Waals surface area contributed by atoms with Crippen molar-refractivity contribution in [2.24, 2.45) is 0 Å². The van der Waals surface area contributed by atoms with Crippen LogP contribution in [0.25, 0.3) is 10.9 Å². The molecule has 2 N–H and O–H groups in total. The highest BCUT2D eigenvalue weighted by Crippen LogP contribution is 2.42. The molecule has 0 saturated heterocycles. The van der Waals surface area contributed by atoms with Gasteiger partial charge in [-0.2, -0.15) is 0 Å². The van der Waals surface area contributed by atoms with Gasteiger partial charge in [0.2, 0.25) is 0 Å². The first-order valence-electron chi connectivity index (χ1n) is 10.6. The van der Waals surface area contributed by atoms with Crippen molar-refractivity contribution in [3.05, 3.63) is 90.0 Å². The van der Waals surface area contributed by atoms with Crippen molar-refractivity contribution >= 4 is 34.0 Å². The lowest BCUT2D eigenvalue weighted by molar-refractivity contribution is 0.0959. The summed E-state index contributed by atoms with van der Waals surface area (Å²) in [6.45, 7) is 4.18. The van der Waals surface area contributed by atoms with Gasteiger partial charge in [-0.25, -0.2) is 9.37 Å². The van der Waals surface area contributed by atoms with Crippen LogP contribution in [0.1, 0.15) is 29.8 Å². The van der Waals surface area contributed by atoms with Crippen LogP contribution in [0.3, 0.4) is 0 Å². The van der Waals surface area contributed by atoms with Gasteiger partial charge in [-0.3, -0.25) is 19.8 Å². The number of carbonyl (C=O) groups excluding carboxylic acids is 1. The second-order valence-corrected chi connectivity index (χ2v) is 8.33. The van der Waals surface area contributed by atoms with Crippen LogP contribution in [0.2, 0.25) is 0 Å². The Kier molecular flexibility index (Phi) is 4.94. The minimum absolute atomic E-state index is 0.00573. The smallest absolute Gasteiger partial charge is 0.253 e. The predicted octanol–water partition coefficient (Wildman–Crippen LogP) is 4.44. The summed E-state index contributed by atoms with van der Waals surface area (Å²) >= 11 is 0. The van der Waals surface area contributed by atoms with Gasteiger partial charge in [-0.05, 0) is 67.9 Å². The minimum atomic E-state index is -0.598. The van der Waals surface area contributed by atoms with E-state index in [9.17, 15) is 9.18 Å². The molecule has 0 unspecified atom stereocenters. The number of benzene rings is 2. The highest BCUT2D eigenvalue weighted by molar-refractivity contribution is 5.95. The van der Waals surface area contributed by atoms with E-state index in [2.05, 4.69) is 46.8 Å². The van der Waals surface area contributed by atoms with Gasteiger partial charge < -0.3 is 5.32 Å². The number of nitrogens with one attached hydrogen (secondary N) is 2. The third-order valence-electron chi connectivity index (χ3n) is 5.97. The number of hydrazine groups is 2. The number of aromatic nitrogens is 2. The number of fused-ring (bicyclic) bond motifs is 2. The van der Waals surface area contributed by atoms with Gasteiger partial charge >= 0.3 is 0 Å². The Bertz CT molecular complexity index is 1370. The van der Waals surface area contributed by atoms with Gasteiger partial charge in [0, 0.05) is 24.8 Å². The fourth-order valence-electron chi connectivity index (χ4n) is 4.07. The van der Waals surface area contributed by atoms with E-state index < -0.39 is 17.3 Å². The van der Waals surface area contributed by atoms with Crippen molar-refractivity contribution < 1.29 is 9.18 Å². The summed E-state index contributed by atoms with van der Waals surface area (Å²) in [4.78, 5) is 20.9. The third kappa shape index (κ3) is 3.44. The molecule has 0 radical (unpaired) electrons. The zero-order valence-corrected chi connectivity index (χ0v) is 18.5. The molecule has 3 heterocycles. The highest BCUT2D eigenvalue weighted by Gasteiger charge is 2.39. The Morgan fingerprint density at radius 2 is 1.82 bits per heavy atom. The Morgan fingerprint density at radius 1 is 1.03 bits per heavy atom. The second kappa shape index (κ2) is 7.83. The Balaban J connectivity index is 1.55. The zero-order valence-electron chi connectivity index (χ0n) is 18.5. The monoisotopic (exact) mass is 442 g/mol. The highest BCUT2D eigenvalue weighted by atomic mass is 19.1. The minimum Gasteiger partial charge on any atom is -0.355 e. The number of hydrogen-bond donors (Lipinski definition) is 2. The molecule has 1 amide bonds. The van der Waals surface area contributed by atoms with Gasteiger partial charge in [-0.1, -0.05) is 12.1 Å². The number of hydrogen-bond acceptors (Lipinski definition) is 6. The lowest BCUT2D eigenvalue weighted by atomic mass is 9.92. The fraction of sp³-hybridized carbons (Fsp3) is 0.160. The summed E-state index contributed by atoms with van der Waals surface area (Å²) in [5, 5.41) is 7.23. The van der Waals surface area contributed by atoms with Gasteiger partial charge in [0.1, 0.15) is 11.5 Å². The molecule has 0 bridgehead atoms. The number of amides is 1. The zero-order chi connectivity index (χ0) is 23.2. The van der Waals surface area contributed by atoms with Gasteiger partial charge in [0.25, 0.3) is 5.91 Å². The van der Waals surface area contributed by atoms with Crippen LogP contribution in [0.4, 0.5) is 21.6 Å². The summed E-state index contributed by atoms with van der Waals surface area (Å²) in [6, 6.07) is 18.4. The van der Waals surface area contributed by atoms with Gasteiger partial charge in [-0.15, -0.1) is 5.53 Å². The molecule has 166 valence electrons. The molecule has 0 spiro atoms. The standard InChI is InChI=1S/C25H23FN6O/c1-25(2,17-8-11-21-16(14-17)6-4-12-28-21)32-23-22(7-5-13-29-23)31(30-32)18-9-10-19(20(26)15-18)24(33)27-3/h4-15,30H,1-3H3,(H,27,33). The van der Waals surface area contributed by atoms with Crippen molar-refractivity contribution in [3.63, 3.8) is 0 Å². The molecule has 5 rings (SSSR count). The van der Waals surface area contributed by atoms with E-state index in [0.29, 0.717) is 11.5 Å². The van der Waals surface area contributed by atoms with Crippen molar-refractivity contribution in [2.75, 3.05) is 17.1 Å². The molecule has 0 atom stereocenters. The molecule has 33 heavy (non-hydrogen) atoms. The summed E-state index contributed by atoms with van der Waals surface area (Å²) < 4.78 is 14.7. The largest absolute Gasteiger partial charge is 0.355 e. The molecule has 0 saturated carbocycles. The SMILES string of the molecule is CNC(=O)c1ccc(N2NN(C(C)(C)c3ccc4ncccc4c3)c3ncccc32)cc1F. The number of halogens is 1. The van der Waals surface area contributed by atoms with Crippen LogP contribution in [-0.2, 0) is 5.54 Å². The van der Waals surface area contributed by atoms with Gasteiger partial charge in [0.15, 0.2) is 5.82 Å². The molecule has 8 heteroatoms. The van der Waals surface area contributed by atoms with Crippen LogP contribution in [-0.4, -0.2) is 22.9 Å². The maximum atomic E-state index is 14.7. The number of nitrogens with zero attached hydrogens (tertiary/aromatic N) is 4. The average molecular weight is 442 g/mol. The Hall–Kier alpha value is -4.04. The molecular weight excluding hydrogens is 419 g/mol. The van der Waals surface area contributed by atoms with Gasteiger partial charge in [0.05, 0.1) is 22.3 Å². The van der Waals surface area contributed by atoms with Crippen LogP contribution in [0.5, 0.6) is 0 Å². The molecule has 4 aromatic rings. The number of rotatable bonds is 4. The summed E-state index contributed by atoms with van der Waals surface area (Å²) in [7, 11) is 1.47. The number of carbonyl (C=O) groups is 1. The normalized spacial score (nSPS) is 13.3. The lowest BCUT2D eigenvalue weighted by Crippen LogP contribution is -2.52. The predicted molar refractivity (Wildman–Crippen MR) is 127 cm³/mol. The van der Waals surface area contributed by atoms with Crippen molar-refractivity contribution in [3.8, 4) is 0 Å². The molecule has 2 aromatic heterocycles. The van der Waals surface area contributed by atoms with E-state index in [1.165, 1.54) is 19.2 Å². The topological polar surface area (TPSA) is 73.4 Å². The number of anilines is 3. The van der Waals surface area contributed by atoms with Crippen molar-refractivity contribution in [1.82, 2.24) is 20.8 Å². The lowest BCUT2D eigenvalue weighted by Gasteiger charge is -2.37. The van der Waals surface area contributed by atoms with E-state index in [4.69, 9.17) is 0 Å². The van der Waals surface area contributed by atoms with Crippen molar-refractivity contribution in [1.29, 1.82) is 0 Å². The first kappa shape index (κ1) is 20.8. The first-order chi connectivity index (χ1) is 15.9. The molecule has 0 aliphatic carbocycles.